The van der Waals surface area contributed by atoms with Gasteiger partial charge in [0.1, 0.15) is 0 Å². The number of aryl methyl sites for hydroxylation is 4. The number of nitrogens with zero attached hydrogens (tertiary/aromatic N) is 6. The predicted molar refractivity (Wildman–Crippen MR) is 276 cm³/mol. The number of primary amides is 1. The molecule has 0 fully saturated rings. The number of nitrogens with two attached hydrogens (primary N) is 1. The molecular weight excluding hydrogens is 993 g/mol. The van der Waals surface area contributed by atoms with E-state index in [-0.39, 0.29) is 101 Å². The standard InChI is InChI=1S/C50H62N12O14/c1-57-19-11-33(39(65)47(57)73)43(69)52-15-23-61(24-16-53-44(70)34-12-20-58(2)48(74)40(34)66)28-31(27-30-5-7-32(8-6-30)56-38(64)10-9-37(51)63)29-62(25-17-54-45(71)35-13-21-59(3)49(75)41(35)67)26-18-55-46(72)36-14-22-60(4)50(76)42(36)68/h5-8,11-14,19-22,31,65-68H,9-10,15-18,23-29H2,1-4H3,(H2,51,63)(H,52,69)(H,53,70)(H,54,71)(H,55,72)(H,56,64). The van der Waals surface area contributed by atoms with Crippen molar-refractivity contribution in [3.8, 4) is 23.0 Å². The van der Waals surface area contributed by atoms with Crippen molar-refractivity contribution in [2.24, 2.45) is 39.8 Å². The molecular formula is C50H62N12O14. The van der Waals surface area contributed by atoms with E-state index in [4.69, 9.17) is 5.73 Å². The molecule has 76 heavy (non-hydrogen) atoms. The topological polar surface area (TPSA) is 364 Å². The molecule has 0 atom stereocenters. The van der Waals surface area contributed by atoms with Gasteiger partial charge in [0, 0.05) is 137 Å². The van der Waals surface area contributed by atoms with Gasteiger partial charge in [0.05, 0.1) is 22.3 Å². The summed E-state index contributed by atoms with van der Waals surface area (Å²) in [7, 11) is 5.63. The number of hydrogen-bond donors (Lipinski definition) is 10. The molecule has 0 aliphatic rings. The normalized spacial score (nSPS) is 11.1. The number of nitrogens with one attached hydrogen (secondary N) is 5. The monoisotopic (exact) mass is 1050 g/mol. The lowest BCUT2D eigenvalue weighted by molar-refractivity contribution is -0.122. The third-order valence-electron chi connectivity index (χ3n) is 12.2. The Morgan fingerprint density at radius 3 is 1.08 bits per heavy atom. The van der Waals surface area contributed by atoms with Gasteiger partial charge in [-0.15, -0.1) is 0 Å². The average Bonchev–Trinajstić information content (AvgIpc) is 3.37. The highest BCUT2D eigenvalue weighted by atomic mass is 16.3. The molecule has 0 saturated heterocycles. The maximum Gasteiger partial charge on any atom is 0.293 e. The first-order valence-corrected chi connectivity index (χ1v) is 23.8. The third-order valence-corrected chi connectivity index (χ3v) is 12.2. The molecule has 0 saturated carbocycles. The van der Waals surface area contributed by atoms with E-state index in [1.54, 1.807) is 24.3 Å². The summed E-state index contributed by atoms with van der Waals surface area (Å²) in [5.41, 5.74) is 2.23. The number of aromatic hydroxyl groups is 4. The molecule has 26 nitrogen and oxygen atoms in total. The summed E-state index contributed by atoms with van der Waals surface area (Å²) >= 11 is 0. The van der Waals surface area contributed by atoms with E-state index < -0.39 is 86.6 Å². The summed E-state index contributed by atoms with van der Waals surface area (Å²) in [6, 6.07) is 12.0. The number of benzene rings is 1. The highest BCUT2D eigenvalue weighted by Gasteiger charge is 2.23. The van der Waals surface area contributed by atoms with Crippen molar-refractivity contribution in [1.29, 1.82) is 0 Å². The van der Waals surface area contributed by atoms with Crippen molar-refractivity contribution in [3.05, 3.63) is 143 Å². The molecule has 6 amide bonds. The van der Waals surface area contributed by atoms with E-state index in [0.29, 0.717) is 12.1 Å². The SMILES string of the molecule is Cn1ccc(C(=O)NCCN(CCNC(=O)c2ccn(C)c(=O)c2O)CC(Cc2ccc(NC(=O)CCC(N)=O)cc2)CN(CCNC(=O)c2ccn(C)c(=O)c2O)CCNC(=O)c2ccn(C)c(=O)c2O)c(O)c1=O. The van der Waals surface area contributed by atoms with Gasteiger partial charge in [-0.05, 0) is 54.3 Å². The minimum atomic E-state index is -0.787. The number of rotatable bonds is 26. The largest absolute Gasteiger partial charge is 0.502 e. The fourth-order valence-corrected chi connectivity index (χ4v) is 7.91. The van der Waals surface area contributed by atoms with E-state index in [0.717, 1.165) is 23.8 Å². The Bertz CT molecular complexity index is 2860. The first-order chi connectivity index (χ1) is 36.1. The number of pyridine rings is 4. The van der Waals surface area contributed by atoms with Crippen molar-refractivity contribution in [2.75, 3.05) is 70.8 Å². The molecule has 0 unspecified atom stereocenters. The van der Waals surface area contributed by atoms with Crippen molar-refractivity contribution < 1.29 is 49.2 Å². The van der Waals surface area contributed by atoms with E-state index in [1.165, 1.54) is 77.2 Å². The molecule has 26 heteroatoms. The maximum absolute atomic E-state index is 13.3. The summed E-state index contributed by atoms with van der Waals surface area (Å²) in [6.07, 6.45) is 5.35. The van der Waals surface area contributed by atoms with Crippen LogP contribution in [-0.4, -0.2) is 149 Å². The zero-order valence-corrected chi connectivity index (χ0v) is 42.3. The lowest BCUT2D eigenvalue weighted by Gasteiger charge is -2.32. The van der Waals surface area contributed by atoms with Gasteiger partial charge < -0.3 is 71.0 Å². The van der Waals surface area contributed by atoms with Crippen molar-refractivity contribution in [3.63, 3.8) is 0 Å². The lowest BCUT2D eigenvalue weighted by atomic mass is 9.97. The minimum absolute atomic E-state index is 0.0412. The van der Waals surface area contributed by atoms with Crippen molar-refractivity contribution in [2.45, 2.75) is 19.3 Å². The van der Waals surface area contributed by atoms with Crippen LogP contribution in [-0.2, 0) is 44.2 Å². The number of carbonyl (C=O) groups excluding carboxylic acids is 6. The van der Waals surface area contributed by atoms with E-state index >= 15 is 0 Å². The second-order valence-electron chi connectivity index (χ2n) is 17.9. The Morgan fingerprint density at radius 1 is 0.487 bits per heavy atom. The van der Waals surface area contributed by atoms with Crippen LogP contribution >= 0.6 is 0 Å². The van der Waals surface area contributed by atoms with Crippen LogP contribution in [0.2, 0.25) is 0 Å². The number of anilines is 1. The Balaban J connectivity index is 1.45. The van der Waals surface area contributed by atoms with Crippen LogP contribution in [0.3, 0.4) is 0 Å². The Morgan fingerprint density at radius 2 is 0.789 bits per heavy atom. The lowest BCUT2D eigenvalue weighted by Crippen LogP contribution is -2.46. The van der Waals surface area contributed by atoms with Crippen LogP contribution in [0.1, 0.15) is 59.8 Å². The second-order valence-corrected chi connectivity index (χ2v) is 17.9. The first kappa shape index (κ1) is 57.9. The molecule has 0 aliphatic heterocycles. The summed E-state index contributed by atoms with van der Waals surface area (Å²) in [6.45, 7) is 0.716. The predicted octanol–water partition coefficient (Wildman–Crippen LogP) is -2.01. The maximum atomic E-state index is 13.3. The summed E-state index contributed by atoms with van der Waals surface area (Å²) < 4.78 is 4.41. The quantitative estimate of drug-likeness (QED) is 0.0286. The van der Waals surface area contributed by atoms with Crippen LogP contribution in [0.25, 0.3) is 0 Å². The number of aromatic nitrogens is 4. The Kier molecular flexibility index (Phi) is 20.4. The number of hydrogen-bond acceptors (Lipinski definition) is 16. The third kappa shape index (κ3) is 15.7. The van der Waals surface area contributed by atoms with Gasteiger partial charge in [-0.1, -0.05) is 12.1 Å². The number of amides is 6. The molecule has 0 spiro atoms. The average molecular weight is 1060 g/mol. The van der Waals surface area contributed by atoms with Gasteiger partial charge in [0.2, 0.25) is 11.8 Å². The zero-order chi connectivity index (χ0) is 55.8. The fourth-order valence-electron chi connectivity index (χ4n) is 7.91. The Labute approximate surface area is 434 Å². The van der Waals surface area contributed by atoms with Crippen LogP contribution in [0.4, 0.5) is 5.69 Å². The molecule has 4 aromatic heterocycles. The van der Waals surface area contributed by atoms with Gasteiger partial charge in [-0.2, -0.15) is 0 Å². The fraction of sp³-hybridized carbons (Fsp3) is 0.360. The van der Waals surface area contributed by atoms with Crippen LogP contribution in [0, 0.1) is 5.92 Å². The van der Waals surface area contributed by atoms with Crippen LogP contribution in [0.15, 0.2) is 92.5 Å². The smallest absolute Gasteiger partial charge is 0.293 e. The summed E-state index contributed by atoms with van der Waals surface area (Å²) in [5, 5.41) is 55.4. The van der Waals surface area contributed by atoms with Gasteiger partial charge in [0.25, 0.3) is 45.9 Å². The molecule has 0 bridgehead atoms. The van der Waals surface area contributed by atoms with Crippen LogP contribution in [0.5, 0.6) is 23.0 Å². The summed E-state index contributed by atoms with van der Waals surface area (Å²) in [4.78, 5) is 130. The van der Waals surface area contributed by atoms with Crippen LogP contribution < -0.4 is 54.6 Å². The molecule has 406 valence electrons. The van der Waals surface area contributed by atoms with Gasteiger partial charge in [-0.25, -0.2) is 0 Å². The van der Waals surface area contributed by atoms with E-state index in [1.807, 2.05) is 9.80 Å². The molecule has 1 aromatic carbocycles. The number of carbonyl (C=O) groups is 6. The van der Waals surface area contributed by atoms with Gasteiger partial charge in [-0.3, -0.25) is 57.7 Å². The van der Waals surface area contributed by atoms with Gasteiger partial charge in [0.15, 0.2) is 23.0 Å². The van der Waals surface area contributed by atoms with E-state index in [9.17, 15) is 68.4 Å². The molecule has 5 aromatic rings. The molecule has 4 heterocycles. The van der Waals surface area contributed by atoms with Crippen molar-refractivity contribution in [1.82, 2.24) is 49.3 Å². The summed E-state index contributed by atoms with van der Waals surface area (Å²) in [5.74, 6) is -7.43. The zero-order valence-electron chi connectivity index (χ0n) is 42.3. The second kappa shape index (κ2) is 26.8. The van der Waals surface area contributed by atoms with Crippen molar-refractivity contribution >= 4 is 41.1 Å². The van der Waals surface area contributed by atoms with Gasteiger partial charge >= 0.3 is 0 Å². The molecule has 11 N–H and O–H groups in total. The molecule has 5 rings (SSSR count). The molecule has 0 radical (unpaired) electrons. The Hall–Kier alpha value is -9.04. The molecule has 0 aliphatic carbocycles. The minimum Gasteiger partial charge on any atom is -0.502 e. The highest BCUT2D eigenvalue weighted by Crippen LogP contribution is 2.18. The first-order valence-electron chi connectivity index (χ1n) is 23.8. The van der Waals surface area contributed by atoms with E-state index in [2.05, 4.69) is 26.6 Å². The highest BCUT2D eigenvalue weighted by molar-refractivity contribution is 5.98.